The van der Waals surface area contributed by atoms with Gasteiger partial charge in [0.2, 0.25) is 0 Å². The van der Waals surface area contributed by atoms with Crippen molar-refractivity contribution >= 4 is 6.09 Å². The molecule has 154 valence electrons. The Labute approximate surface area is 176 Å². The average molecular weight is 403 g/mol. The highest BCUT2D eigenvalue weighted by Gasteiger charge is 2.29. The first kappa shape index (κ1) is 20.0. The molecule has 0 saturated carbocycles. The number of benzene rings is 3. The molecule has 0 saturated heterocycles. The fourth-order valence-electron chi connectivity index (χ4n) is 4.07. The van der Waals surface area contributed by atoms with Gasteiger partial charge in [-0.25, -0.2) is 4.79 Å². The summed E-state index contributed by atoms with van der Waals surface area (Å²) in [5.41, 5.74) is 5.62. The van der Waals surface area contributed by atoms with Crippen molar-refractivity contribution in [2.24, 2.45) is 0 Å². The molecule has 2 N–H and O–H groups in total. The van der Waals surface area contributed by atoms with Crippen LogP contribution in [0.5, 0.6) is 5.75 Å². The summed E-state index contributed by atoms with van der Waals surface area (Å²) in [6.07, 6.45) is -0.0950. The lowest BCUT2D eigenvalue weighted by molar-refractivity contribution is 0.136. The lowest BCUT2D eigenvalue weighted by atomic mass is 9.98. The van der Waals surface area contributed by atoms with E-state index in [9.17, 15) is 9.90 Å². The van der Waals surface area contributed by atoms with Crippen molar-refractivity contribution in [3.63, 3.8) is 0 Å². The molecule has 0 radical (unpaired) electrons. The second-order valence-electron chi connectivity index (χ2n) is 7.31. The molecule has 1 aliphatic rings. The number of hydrogen-bond donors (Lipinski definition) is 2. The molecule has 1 aliphatic carbocycles. The molecule has 5 nitrogen and oxygen atoms in total. The third-order valence-electron chi connectivity index (χ3n) is 5.57. The van der Waals surface area contributed by atoms with Gasteiger partial charge in [0.05, 0.1) is 13.2 Å². The van der Waals surface area contributed by atoms with Crippen LogP contribution in [0.4, 0.5) is 4.79 Å². The summed E-state index contributed by atoms with van der Waals surface area (Å²) >= 11 is 0. The summed E-state index contributed by atoms with van der Waals surface area (Å²) in [6, 6.07) is 23.6. The average Bonchev–Trinajstić information content (AvgIpc) is 3.11. The van der Waals surface area contributed by atoms with Crippen molar-refractivity contribution in [1.82, 2.24) is 5.32 Å². The van der Waals surface area contributed by atoms with Crippen LogP contribution >= 0.6 is 0 Å². The second-order valence-corrected chi connectivity index (χ2v) is 7.31. The van der Waals surface area contributed by atoms with Crippen LogP contribution in [0.3, 0.4) is 0 Å². The second kappa shape index (κ2) is 9.01. The van der Waals surface area contributed by atoms with Crippen molar-refractivity contribution < 1.29 is 19.4 Å². The monoisotopic (exact) mass is 403 g/mol. The van der Waals surface area contributed by atoms with Gasteiger partial charge in [0.15, 0.2) is 0 Å². The van der Waals surface area contributed by atoms with E-state index in [0.717, 1.165) is 11.3 Å². The summed E-state index contributed by atoms with van der Waals surface area (Å²) in [7, 11) is 1.61. The molecule has 0 bridgehead atoms. The molecular weight excluding hydrogens is 378 g/mol. The van der Waals surface area contributed by atoms with E-state index in [2.05, 4.69) is 29.6 Å². The number of carbonyl (C=O) groups is 1. The van der Waals surface area contributed by atoms with Crippen LogP contribution in [-0.2, 0) is 4.74 Å². The summed E-state index contributed by atoms with van der Waals surface area (Å²) in [5, 5.41) is 12.3. The van der Waals surface area contributed by atoms with Crippen LogP contribution in [0.2, 0.25) is 0 Å². The van der Waals surface area contributed by atoms with Gasteiger partial charge < -0.3 is 19.9 Å². The van der Waals surface area contributed by atoms with Crippen LogP contribution in [0.1, 0.15) is 35.1 Å². The Kier molecular flexibility index (Phi) is 6.00. The highest BCUT2D eigenvalue weighted by Crippen LogP contribution is 2.44. The molecule has 5 heteroatoms. The van der Waals surface area contributed by atoms with E-state index in [1.807, 2.05) is 48.5 Å². The number of fused-ring (bicyclic) bond motifs is 3. The van der Waals surface area contributed by atoms with Crippen LogP contribution in [0, 0.1) is 0 Å². The van der Waals surface area contributed by atoms with Crippen LogP contribution in [-0.4, -0.2) is 31.5 Å². The Bertz CT molecular complexity index is 970. The third kappa shape index (κ3) is 4.02. The Morgan fingerprint density at radius 3 is 2.13 bits per heavy atom. The first-order chi connectivity index (χ1) is 14.7. The summed E-state index contributed by atoms with van der Waals surface area (Å²) in [5.74, 6) is 0.753. The number of amides is 1. The molecule has 0 spiro atoms. The molecule has 30 heavy (non-hydrogen) atoms. The predicted octanol–water partition coefficient (Wildman–Crippen LogP) is 4.66. The molecule has 1 unspecified atom stereocenters. The van der Waals surface area contributed by atoms with Gasteiger partial charge in [-0.3, -0.25) is 0 Å². The zero-order valence-electron chi connectivity index (χ0n) is 16.9. The van der Waals surface area contributed by atoms with Crippen LogP contribution < -0.4 is 10.1 Å². The maximum absolute atomic E-state index is 12.6. The van der Waals surface area contributed by atoms with Crippen molar-refractivity contribution in [2.75, 3.05) is 20.3 Å². The van der Waals surface area contributed by atoms with Crippen molar-refractivity contribution in [3.8, 4) is 16.9 Å². The number of aliphatic hydroxyl groups excluding tert-OH is 1. The molecule has 4 rings (SSSR count). The van der Waals surface area contributed by atoms with E-state index >= 15 is 0 Å². The molecule has 1 atom stereocenters. The number of nitrogens with one attached hydrogen (secondary N) is 1. The van der Waals surface area contributed by atoms with Gasteiger partial charge in [0.25, 0.3) is 0 Å². The van der Waals surface area contributed by atoms with E-state index in [0.29, 0.717) is 6.42 Å². The Morgan fingerprint density at radius 2 is 1.57 bits per heavy atom. The van der Waals surface area contributed by atoms with Crippen LogP contribution in [0.15, 0.2) is 72.8 Å². The summed E-state index contributed by atoms with van der Waals surface area (Å²) in [4.78, 5) is 12.6. The topological polar surface area (TPSA) is 67.8 Å². The molecule has 3 aromatic rings. The van der Waals surface area contributed by atoms with Crippen molar-refractivity contribution in [3.05, 3.63) is 89.5 Å². The van der Waals surface area contributed by atoms with E-state index in [1.54, 1.807) is 7.11 Å². The Morgan fingerprint density at radius 1 is 0.967 bits per heavy atom. The standard InChI is InChI=1S/C25H25NO4/c1-29-18-12-10-17(11-13-18)24(14-15-27)26-25(28)30-16-23-21-8-4-2-6-19(21)20-7-3-5-9-22(20)23/h2-13,23-24,27H,14-16H2,1H3,(H,26,28). The number of methoxy groups -OCH3 is 1. The molecule has 0 aliphatic heterocycles. The van der Waals surface area contributed by atoms with E-state index < -0.39 is 6.09 Å². The molecule has 0 fully saturated rings. The molecule has 1 amide bonds. The summed E-state index contributed by atoms with van der Waals surface area (Å²) in [6.45, 7) is 0.217. The zero-order valence-corrected chi connectivity index (χ0v) is 16.9. The first-order valence-electron chi connectivity index (χ1n) is 10.1. The van der Waals surface area contributed by atoms with Crippen molar-refractivity contribution in [1.29, 1.82) is 0 Å². The maximum Gasteiger partial charge on any atom is 0.407 e. The lowest BCUT2D eigenvalue weighted by Crippen LogP contribution is -2.30. The third-order valence-corrected chi connectivity index (χ3v) is 5.57. The smallest absolute Gasteiger partial charge is 0.407 e. The predicted molar refractivity (Wildman–Crippen MR) is 116 cm³/mol. The molecule has 3 aromatic carbocycles. The number of aliphatic hydroxyl groups is 1. The minimum Gasteiger partial charge on any atom is -0.497 e. The van der Waals surface area contributed by atoms with E-state index in [1.165, 1.54) is 22.3 Å². The maximum atomic E-state index is 12.6. The Hall–Kier alpha value is -3.31. The number of rotatable bonds is 7. The van der Waals surface area contributed by atoms with Crippen LogP contribution in [0.25, 0.3) is 11.1 Å². The fraction of sp³-hybridized carbons (Fsp3) is 0.240. The van der Waals surface area contributed by atoms with Gasteiger partial charge in [-0.15, -0.1) is 0 Å². The molecule has 0 heterocycles. The molecular formula is C25H25NO4. The highest BCUT2D eigenvalue weighted by molar-refractivity contribution is 5.79. The SMILES string of the molecule is COc1ccc(C(CCO)NC(=O)OCC2c3ccccc3-c3ccccc32)cc1. The minimum atomic E-state index is -0.494. The minimum absolute atomic E-state index is 0.0143. The van der Waals surface area contributed by atoms with Gasteiger partial charge in [0, 0.05) is 12.5 Å². The number of carbonyl (C=O) groups excluding carboxylic acids is 1. The van der Waals surface area contributed by atoms with Gasteiger partial charge in [-0.05, 0) is 46.4 Å². The zero-order chi connectivity index (χ0) is 20.9. The number of ether oxygens (including phenoxy) is 2. The highest BCUT2D eigenvalue weighted by atomic mass is 16.5. The lowest BCUT2D eigenvalue weighted by Gasteiger charge is -2.20. The number of hydrogen-bond acceptors (Lipinski definition) is 4. The van der Waals surface area contributed by atoms with Crippen molar-refractivity contribution in [2.45, 2.75) is 18.4 Å². The summed E-state index contributed by atoms with van der Waals surface area (Å²) < 4.78 is 10.8. The van der Waals surface area contributed by atoms with Gasteiger partial charge in [0.1, 0.15) is 12.4 Å². The van der Waals surface area contributed by atoms with E-state index in [-0.39, 0.29) is 25.2 Å². The van der Waals surface area contributed by atoms with E-state index in [4.69, 9.17) is 9.47 Å². The fourth-order valence-corrected chi connectivity index (χ4v) is 4.07. The Balaban J connectivity index is 1.45. The van der Waals surface area contributed by atoms with Gasteiger partial charge in [-0.1, -0.05) is 60.7 Å². The first-order valence-corrected chi connectivity index (χ1v) is 10.1. The van der Waals surface area contributed by atoms with Gasteiger partial charge >= 0.3 is 6.09 Å². The largest absolute Gasteiger partial charge is 0.497 e. The quantitative estimate of drug-likeness (QED) is 0.602. The normalized spacial score (nSPS) is 13.3. The van der Waals surface area contributed by atoms with Gasteiger partial charge in [-0.2, -0.15) is 0 Å². The molecule has 0 aromatic heterocycles. The number of alkyl carbamates (subject to hydrolysis) is 1.